The van der Waals surface area contributed by atoms with Crippen molar-refractivity contribution in [1.29, 1.82) is 0 Å². The summed E-state index contributed by atoms with van der Waals surface area (Å²) in [6.45, 7) is 4.57. The lowest BCUT2D eigenvalue weighted by Gasteiger charge is -2.09. The Bertz CT molecular complexity index is 48.5. The van der Waals surface area contributed by atoms with Crippen LogP contribution in [0.1, 0.15) is 39.5 Å². The number of rotatable bonds is 5. The standard InChI is InChI=1S/C8H19Si/c1-3-5-6-8(4-2)7-9/h8H,3-7,9H2,1-2H3. The molecular weight excluding hydrogens is 124 g/mol. The average Bonchev–Trinajstić information content (AvgIpc) is 1.91. The molecular formula is C8H19Si. The van der Waals surface area contributed by atoms with Gasteiger partial charge in [-0.05, 0) is 5.92 Å². The van der Waals surface area contributed by atoms with Crippen LogP contribution in [0.3, 0.4) is 0 Å². The number of unbranched alkanes of at least 4 members (excludes halogenated alkanes) is 1. The van der Waals surface area contributed by atoms with Crippen LogP contribution in [-0.2, 0) is 0 Å². The van der Waals surface area contributed by atoms with Gasteiger partial charge in [-0.25, -0.2) is 0 Å². The second kappa shape index (κ2) is 6.34. The van der Waals surface area contributed by atoms with E-state index in [1.165, 1.54) is 31.7 Å². The number of hydrogen-bond donors (Lipinski definition) is 0. The highest BCUT2D eigenvalue weighted by Gasteiger charge is 2.00. The van der Waals surface area contributed by atoms with Gasteiger partial charge in [0.25, 0.3) is 0 Å². The molecule has 1 heteroatoms. The molecule has 0 aromatic rings. The fourth-order valence-electron chi connectivity index (χ4n) is 1.05. The molecule has 0 aliphatic carbocycles. The lowest BCUT2D eigenvalue weighted by Crippen LogP contribution is -1.96. The van der Waals surface area contributed by atoms with Gasteiger partial charge < -0.3 is 0 Å². The molecule has 0 N–H and O–H groups in total. The fraction of sp³-hybridized carbons (Fsp3) is 1.00. The first kappa shape index (κ1) is 9.22. The Hall–Kier alpha value is 0.217. The molecule has 9 heavy (non-hydrogen) atoms. The molecule has 0 aromatic carbocycles. The highest BCUT2D eigenvalue weighted by molar-refractivity contribution is 6.08. The first-order chi connectivity index (χ1) is 4.35. The van der Waals surface area contributed by atoms with Crippen LogP contribution in [0.4, 0.5) is 0 Å². The minimum atomic E-state index is 1.02. The molecule has 1 unspecified atom stereocenters. The first-order valence-electron chi connectivity index (χ1n) is 4.14. The van der Waals surface area contributed by atoms with E-state index in [2.05, 4.69) is 24.1 Å². The van der Waals surface area contributed by atoms with Crippen LogP contribution in [0.25, 0.3) is 0 Å². The third kappa shape index (κ3) is 4.70. The highest BCUT2D eigenvalue weighted by atomic mass is 28.1. The SMILES string of the molecule is CCCCC(CC)C[SiH2]. The fourth-order valence-corrected chi connectivity index (χ4v) is 1.74. The Kier molecular flexibility index (Phi) is 6.49. The molecule has 0 rings (SSSR count). The maximum Gasteiger partial charge on any atom is 0.00833 e. The zero-order chi connectivity index (χ0) is 7.11. The summed E-state index contributed by atoms with van der Waals surface area (Å²) in [4.78, 5) is 0. The van der Waals surface area contributed by atoms with Crippen molar-refractivity contribution in [2.24, 2.45) is 5.92 Å². The van der Waals surface area contributed by atoms with Crippen LogP contribution >= 0.6 is 0 Å². The van der Waals surface area contributed by atoms with Crippen molar-refractivity contribution in [2.45, 2.75) is 45.6 Å². The van der Waals surface area contributed by atoms with Crippen LogP contribution in [0.5, 0.6) is 0 Å². The molecule has 0 heterocycles. The van der Waals surface area contributed by atoms with E-state index in [4.69, 9.17) is 0 Å². The molecule has 0 aromatic heterocycles. The molecule has 1 radical (unpaired) electrons. The Morgan fingerprint density at radius 2 is 2.00 bits per heavy atom. The smallest absolute Gasteiger partial charge is 0.00833 e. The van der Waals surface area contributed by atoms with E-state index in [0.717, 1.165) is 5.92 Å². The summed E-state index contributed by atoms with van der Waals surface area (Å²) in [6, 6.07) is 1.40. The van der Waals surface area contributed by atoms with Crippen molar-refractivity contribution < 1.29 is 0 Å². The maximum absolute atomic E-state index is 2.30. The Balaban J connectivity index is 3.09. The molecule has 0 nitrogen and oxygen atoms in total. The molecule has 0 saturated heterocycles. The normalized spacial score (nSPS) is 13.7. The van der Waals surface area contributed by atoms with E-state index in [-0.39, 0.29) is 0 Å². The molecule has 0 fully saturated rings. The second-order valence-corrected chi connectivity index (χ2v) is 3.28. The predicted molar refractivity (Wildman–Crippen MR) is 46.7 cm³/mol. The van der Waals surface area contributed by atoms with Crippen LogP contribution in [-0.4, -0.2) is 10.2 Å². The largest absolute Gasteiger partial charge is 0.0654 e. The lowest BCUT2D eigenvalue weighted by molar-refractivity contribution is 0.492. The second-order valence-electron chi connectivity index (χ2n) is 2.71. The van der Waals surface area contributed by atoms with Crippen molar-refractivity contribution in [3.8, 4) is 0 Å². The van der Waals surface area contributed by atoms with Crippen LogP contribution in [0.2, 0.25) is 6.04 Å². The molecule has 0 spiro atoms. The zero-order valence-electron chi connectivity index (χ0n) is 6.82. The summed E-state index contributed by atoms with van der Waals surface area (Å²) in [7, 11) is 2.12. The van der Waals surface area contributed by atoms with E-state index in [1.807, 2.05) is 0 Å². The van der Waals surface area contributed by atoms with Gasteiger partial charge in [-0.15, -0.1) is 0 Å². The monoisotopic (exact) mass is 143 g/mol. The molecule has 0 aliphatic heterocycles. The maximum atomic E-state index is 2.30. The van der Waals surface area contributed by atoms with E-state index >= 15 is 0 Å². The molecule has 0 aliphatic rings. The highest BCUT2D eigenvalue weighted by Crippen LogP contribution is 2.14. The van der Waals surface area contributed by atoms with Gasteiger partial charge in [-0.3, -0.25) is 0 Å². The summed E-state index contributed by atoms with van der Waals surface area (Å²) in [6.07, 6.45) is 5.62. The Morgan fingerprint density at radius 1 is 1.33 bits per heavy atom. The molecule has 55 valence electrons. The van der Waals surface area contributed by atoms with Gasteiger partial charge in [0, 0.05) is 10.2 Å². The van der Waals surface area contributed by atoms with E-state index < -0.39 is 0 Å². The van der Waals surface area contributed by atoms with Gasteiger partial charge in [-0.1, -0.05) is 45.6 Å². The van der Waals surface area contributed by atoms with Gasteiger partial charge in [0.2, 0.25) is 0 Å². The molecule has 0 amide bonds. The quantitative estimate of drug-likeness (QED) is 0.518. The summed E-state index contributed by atoms with van der Waals surface area (Å²) >= 11 is 0. The van der Waals surface area contributed by atoms with Crippen molar-refractivity contribution in [2.75, 3.05) is 0 Å². The van der Waals surface area contributed by atoms with Crippen molar-refractivity contribution in [3.63, 3.8) is 0 Å². The van der Waals surface area contributed by atoms with E-state index in [0.29, 0.717) is 0 Å². The summed E-state index contributed by atoms with van der Waals surface area (Å²) < 4.78 is 0. The Morgan fingerprint density at radius 3 is 2.33 bits per heavy atom. The average molecular weight is 143 g/mol. The minimum Gasteiger partial charge on any atom is -0.0654 e. The molecule has 0 saturated carbocycles. The van der Waals surface area contributed by atoms with Crippen LogP contribution < -0.4 is 0 Å². The number of hydrogen-bond acceptors (Lipinski definition) is 0. The minimum absolute atomic E-state index is 1.02. The topological polar surface area (TPSA) is 0 Å². The molecule has 0 bridgehead atoms. The summed E-state index contributed by atoms with van der Waals surface area (Å²) in [5, 5.41) is 0. The van der Waals surface area contributed by atoms with Crippen molar-refractivity contribution in [1.82, 2.24) is 0 Å². The zero-order valence-corrected chi connectivity index (χ0v) is 8.23. The van der Waals surface area contributed by atoms with Gasteiger partial charge >= 0.3 is 0 Å². The van der Waals surface area contributed by atoms with Crippen LogP contribution in [0.15, 0.2) is 0 Å². The van der Waals surface area contributed by atoms with Crippen molar-refractivity contribution in [3.05, 3.63) is 0 Å². The van der Waals surface area contributed by atoms with Gasteiger partial charge in [0.05, 0.1) is 0 Å². The van der Waals surface area contributed by atoms with Gasteiger partial charge in [0.15, 0.2) is 0 Å². The van der Waals surface area contributed by atoms with Gasteiger partial charge in [-0.2, -0.15) is 0 Å². The van der Waals surface area contributed by atoms with Gasteiger partial charge in [0.1, 0.15) is 0 Å². The van der Waals surface area contributed by atoms with E-state index in [9.17, 15) is 0 Å². The van der Waals surface area contributed by atoms with Crippen molar-refractivity contribution >= 4 is 10.2 Å². The first-order valence-corrected chi connectivity index (χ1v) is 5.14. The summed E-state index contributed by atoms with van der Waals surface area (Å²) in [5.41, 5.74) is 0. The third-order valence-electron chi connectivity index (χ3n) is 1.95. The Labute approximate surface area is 62.5 Å². The van der Waals surface area contributed by atoms with Crippen LogP contribution in [0, 0.1) is 5.92 Å². The predicted octanol–water partition coefficient (Wildman–Crippen LogP) is 2.25. The molecule has 1 atom stereocenters. The summed E-state index contributed by atoms with van der Waals surface area (Å²) in [5.74, 6) is 1.02. The lowest BCUT2D eigenvalue weighted by atomic mass is 10.0. The third-order valence-corrected chi connectivity index (χ3v) is 2.77. The van der Waals surface area contributed by atoms with E-state index in [1.54, 1.807) is 0 Å².